The molecule has 4 nitrogen and oxygen atoms in total. The van der Waals surface area contributed by atoms with Gasteiger partial charge in [-0.25, -0.2) is 0 Å². The number of ether oxygens (including phenoxy) is 1. The van der Waals surface area contributed by atoms with Crippen LogP contribution in [0.15, 0.2) is 36.5 Å². The lowest BCUT2D eigenvalue weighted by Crippen LogP contribution is -2.13. The monoisotopic (exact) mass is 244 g/mol. The predicted molar refractivity (Wildman–Crippen MR) is 71.1 cm³/mol. The molecule has 0 unspecified atom stereocenters. The zero-order valence-corrected chi connectivity index (χ0v) is 10.5. The number of H-pyrrole nitrogens is 1. The molecule has 1 amide bonds. The highest BCUT2D eigenvalue weighted by Gasteiger charge is 2.12. The van der Waals surface area contributed by atoms with Crippen LogP contribution >= 0.6 is 0 Å². The van der Waals surface area contributed by atoms with E-state index in [9.17, 15) is 4.79 Å². The van der Waals surface area contributed by atoms with Gasteiger partial charge in [-0.2, -0.15) is 0 Å². The summed E-state index contributed by atoms with van der Waals surface area (Å²) >= 11 is 0. The highest BCUT2D eigenvalue weighted by Crippen LogP contribution is 2.24. The molecule has 1 aromatic heterocycles. The number of hydrogen-bond donors (Lipinski definition) is 2. The summed E-state index contributed by atoms with van der Waals surface area (Å²) in [7, 11) is 0. The Kier molecular flexibility index (Phi) is 3.67. The lowest BCUT2D eigenvalue weighted by atomic mass is 10.2. The van der Waals surface area contributed by atoms with Crippen LogP contribution in [0.1, 0.15) is 23.0 Å². The summed E-state index contributed by atoms with van der Waals surface area (Å²) in [6.07, 6.45) is 1.75. The second kappa shape index (κ2) is 5.40. The van der Waals surface area contributed by atoms with Gasteiger partial charge >= 0.3 is 0 Å². The Bertz CT molecular complexity index is 546. The molecule has 1 aromatic carbocycles. The predicted octanol–water partition coefficient (Wildman–Crippen LogP) is 2.97. The maximum Gasteiger partial charge on any atom is 0.257 e. The van der Waals surface area contributed by atoms with Crippen molar-refractivity contribution in [2.75, 3.05) is 11.9 Å². The van der Waals surface area contributed by atoms with Crippen LogP contribution in [0.4, 0.5) is 5.69 Å². The molecule has 0 bridgehead atoms. The molecule has 0 atom stereocenters. The van der Waals surface area contributed by atoms with E-state index in [0.29, 0.717) is 23.6 Å². The first-order chi connectivity index (χ1) is 8.72. The van der Waals surface area contributed by atoms with Crippen molar-refractivity contribution in [3.8, 4) is 5.75 Å². The van der Waals surface area contributed by atoms with Crippen LogP contribution in [0.2, 0.25) is 0 Å². The van der Waals surface area contributed by atoms with Crippen LogP contribution in [-0.2, 0) is 0 Å². The molecule has 0 radical (unpaired) electrons. The summed E-state index contributed by atoms with van der Waals surface area (Å²) in [4.78, 5) is 15.0. The van der Waals surface area contributed by atoms with E-state index in [0.717, 1.165) is 5.69 Å². The van der Waals surface area contributed by atoms with E-state index in [1.807, 2.05) is 38.1 Å². The van der Waals surface area contributed by atoms with Gasteiger partial charge in [0.05, 0.1) is 17.9 Å². The van der Waals surface area contributed by atoms with Gasteiger partial charge in [0, 0.05) is 11.9 Å². The van der Waals surface area contributed by atoms with Crippen LogP contribution in [0.5, 0.6) is 5.75 Å². The third kappa shape index (κ3) is 2.53. The first-order valence-electron chi connectivity index (χ1n) is 5.89. The van der Waals surface area contributed by atoms with Crippen LogP contribution in [0, 0.1) is 6.92 Å². The smallest absolute Gasteiger partial charge is 0.257 e. The van der Waals surface area contributed by atoms with E-state index in [2.05, 4.69) is 10.3 Å². The second-order valence-corrected chi connectivity index (χ2v) is 3.90. The summed E-state index contributed by atoms with van der Waals surface area (Å²) in [5.74, 6) is 0.544. The first-order valence-corrected chi connectivity index (χ1v) is 5.89. The third-order valence-corrected chi connectivity index (χ3v) is 2.63. The van der Waals surface area contributed by atoms with E-state index < -0.39 is 0 Å². The average Bonchev–Trinajstić information content (AvgIpc) is 2.78. The lowest BCUT2D eigenvalue weighted by molar-refractivity contribution is 0.102. The molecular weight excluding hydrogens is 228 g/mol. The number of carbonyl (C=O) groups is 1. The maximum absolute atomic E-state index is 12.1. The van der Waals surface area contributed by atoms with Crippen LogP contribution < -0.4 is 10.1 Å². The zero-order chi connectivity index (χ0) is 13.0. The van der Waals surface area contributed by atoms with E-state index >= 15 is 0 Å². The molecule has 1 heterocycles. The van der Waals surface area contributed by atoms with Crippen molar-refractivity contribution in [2.45, 2.75) is 13.8 Å². The fourth-order valence-electron chi connectivity index (χ4n) is 1.74. The van der Waals surface area contributed by atoms with Gasteiger partial charge in [-0.1, -0.05) is 12.1 Å². The Labute approximate surface area is 106 Å². The van der Waals surface area contributed by atoms with Crippen molar-refractivity contribution in [2.24, 2.45) is 0 Å². The molecule has 18 heavy (non-hydrogen) atoms. The molecule has 2 N–H and O–H groups in total. The number of anilines is 1. The molecule has 0 saturated heterocycles. The second-order valence-electron chi connectivity index (χ2n) is 3.90. The molecule has 0 spiro atoms. The molecule has 0 saturated carbocycles. The van der Waals surface area contributed by atoms with E-state index in [1.165, 1.54) is 0 Å². The number of rotatable bonds is 4. The third-order valence-electron chi connectivity index (χ3n) is 2.63. The zero-order valence-electron chi connectivity index (χ0n) is 10.5. The molecule has 0 aliphatic heterocycles. The quantitative estimate of drug-likeness (QED) is 0.868. The van der Waals surface area contributed by atoms with Crippen molar-refractivity contribution in [1.82, 2.24) is 4.98 Å². The topological polar surface area (TPSA) is 54.1 Å². The number of benzene rings is 1. The van der Waals surface area contributed by atoms with Gasteiger partial charge in [0.15, 0.2) is 0 Å². The van der Waals surface area contributed by atoms with Gasteiger partial charge in [0.25, 0.3) is 5.91 Å². The van der Waals surface area contributed by atoms with E-state index in [-0.39, 0.29) is 5.91 Å². The fourth-order valence-corrected chi connectivity index (χ4v) is 1.74. The van der Waals surface area contributed by atoms with Crippen molar-refractivity contribution in [3.63, 3.8) is 0 Å². The average molecular weight is 244 g/mol. The Morgan fingerprint density at radius 1 is 1.33 bits per heavy atom. The summed E-state index contributed by atoms with van der Waals surface area (Å²) in [5.41, 5.74) is 2.17. The summed E-state index contributed by atoms with van der Waals surface area (Å²) in [5, 5.41) is 2.85. The molecule has 4 heteroatoms. The van der Waals surface area contributed by atoms with E-state index in [4.69, 9.17) is 4.74 Å². The summed E-state index contributed by atoms with van der Waals surface area (Å²) in [6.45, 7) is 4.34. The number of carbonyl (C=O) groups excluding carboxylic acids is 1. The molecular formula is C14H16N2O2. The number of amides is 1. The highest BCUT2D eigenvalue weighted by molar-refractivity contribution is 6.05. The van der Waals surface area contributed by atoms with Gasteiger partial charge in [-0.05, 0) is 32.0 Å². The van der Waals surface area contributed by atoms with Gasteiger partial charge in [-0.3, -0.25) is 4.79 Å². The summed E-state index contributed by atoms with van der Waals surface area (Å²) in [6, 6.07) is 9.16. The largest absolute Gasteiger partial charge is 0.492 e. The van der Waals surface area contributed by atoms with Gasteiger partial charge in [0.2, 0.25) is 0 Å². The van der Waals surface area contributed by atoms with Crippen molar-refractivity contribution in [1.29, 1.82) is 0 Å². The SMILES string of the molecule is CCOc1ccccc1NC(=O)c1cc[nH]c1C. The van der Waals surface area contributed by atoms with Crippen molar-refractivity contribution in [3.05, 3.63) is 47.8 Å². The molecule has 0 fully saturated rings. The number of aromatic amines is 1. The standard InChI is InChI=1S/C14H16N2O2/c1-3-18-13-7-5-4-6-12(13)16-14(17)11-8-9-15-10(11)2/h4-9,15H,3H2,1-2H3,(H,16,17). The molecule has 0 aliphatic rings. The fraction of sp³-hybridized carbons (Fsp3) is 0.214. The Morgan fingerprint density at radius 3 is 2.78 bits per heavy atom. The Balaban J connectivity index is 2.19. The van der Waals surface area contributed by atoms with Crippen molar-refractivity contribution >= 4 is 11.6 Å². The Morgan fingerprint density at radius 2 is 2.11 bits per heavy atom. The highest BCUT2D eigenvalue weighted by atomic mass is 16.5. The molecule has 0 aliphatic carbocycles. The number of aromatic nitrogens is 1. The minimum atomic E-state index is -0.138. The first kappa shape index (κ1) is 12.2. The number of para-hydroxylation sites is 2. The summed E-state index contributed by atoms with van der Waals surface area (Å²) < 4.78 is 5.46. The van der Waals surface area contributed by atoms with Crippen molar-refractivity contribution < 1.29 is 9.53 Å². The van der Waals surface area contributed by atoms with Crippen LogP contribution in [0.3, 0.4) is 0 Å². The number of hydrogen-bond acceptors (Lipinski definition) is 2. The Hall–Kier alpha value is -2.23. The molecule has 2 rings (SSSR count). The van der Waals surface area contributed by atoms with Gasteiger partial charge < -0.3 is 15.0 Å². The van der Waals surface area contributed by atoms with Gasteiger partial charge in [-0.15, -0.1) is 0 Å². The molecule has 2 aromatic rings. The van der Waals surface area contributed by atoms with E-state index in [1.54, 1.807) is 12.3 Å². The lowest BCUT2D eigenvalue weighted by Gasteiger charge is -2.10. The number of aryl methyl sites for hydroxylation is 1. The molecule has 94 valence electrons. The van der Waals surface area contributed by atoms with Gasteiger partial charge in [0.1, 0.15) is 5.75 Å². The minimum Gasteiger partial charge on any atom is -0.492 e. The van der Waals surface area contributed by atoms with Crippen LogP contribution in [0.25, 0.3) is 0 Å². The number of nitrogens with one attached hydrogen (secondary N) is 2. The van der Waals surface area contributed by atoms with Crippen LogP contribution in [-0.4, -0.2) is 17.5 Å². The maximum atomic E-state index is 12.1. The normalized spacial score (nSPS) is 10.1. The minimum absolute atomic E-state index is 0.138.